The van der Waals surface area contributed by atoms with Crippen molar-refractivity contribution in [1.82, 2.24) is 4.57 Å². The maximum Gasteiger partial charge on any atom is 0.416 e. The molecule has 0 bridgehead atoms. The molecule has 3 aromatic carbocycles. The molecule has 0 fully saturated rings. The van der Waals surface area contributed by atoms with Gasteiger partial charge in [0, 0.05) is 28.4 Å². The molecule has 37 heavy (non-hydrogen) atoms. The third-order valence-electron chi connectivity index (χ3n) is 6.37. The van der Waals surface area contributed by atoms with Crippen LogP contribution in [0.1, 0.15) is 39.5 Å². The second-order valence-electron chi connectivity index (χ2n) is 8.71. The van der Waals surface area contributed by atoms with E-state index < -0.39 is 11.7 Å². The van der Waals surface area contributed by atoms with E-state index in [0.29, 0.717) is 17.9 Å². The van der Waals surface area contributed by atoms with E-state index >= 15 is 0 Å². The summed E-state index contributed by atoms with van der Waals surface area (Å²) in [6.07, 6.45) is 1.30. The Kier molecular flexibility index (Phi) is 6.33. The number of hydrogen-bond acceptors (Lipinski definition) is 3. The molecule has 1 amide bonds. The van der Waals surface area contributed by atoms with Crippen molar-refractivity contribution < 1.29 is 27.5 Å². The van der Waals surface area contributed by atoms with Gasteiger partial charge in [0.2, 0.25) is 0 Å². The van der Waals surface area contributed by atoms with Gasteiger partial charge in [0.15, 0.2) is 0 Å². The van der Waals surface area contributed by atoms with Gasteiger partial charge in [-0.15, -0.1) is 0 Å². The van der Waals surface area contributed by atoms with Crippen LogP contribution in [0.25, 0.3) is 23.1 Å². The molecule has 0 saturated heterocycles. The first kappa shape index (κ1) is 24.4. The highest BCUT2D eigenvalue weighted by Gasteiger charge is 2.32. The van der Waals surface area contributed by atoms with E-state index in [0.717, 1.165) is 39.7 Å². The van der Waals surface area contributed by atoms with Gasteiger partial charge < -0.3 is 14.2 Å². The maximum atomic E-state index is 13.0. The van der Waals surface area contributed by atoms with Crippen molar-refractivity contribution in [1.29, 1.82) is 0 Å². The standard InChI is InChI=1S/C29H23F3N2O3/c1-2-37-27(35)18-33-15-14-21-16-19(7-13-26(21)33)6-8-20-4-3-5-24-25(20)17-34(28(24)36)23-11-9-22(10-12-23)29(30,31)32/h3-16H,2,17-18H2,1H3/b8-6+. The number of hydrogen-bond donors (Lipinski definition) is 0. The quantitative estimate of drug-likeness (QED) is 0.221. The summed E-state index contributed by atoms with van der Waals surface area (Å²) in [6.45, 7) is 2.53. The molecule has 8 heteroatoms. The van der Waals surface area contributed by atoms with Crippen molar-refractivity contribution >= 4 is 40.6 Å². The zero-order chi connectivity index (χ0) is 26.2. The van der Waals surface area contributed by atoms with Crippen molar-refractivity contribution in [2.24, 2.45) is 0 Å². The van der Waals surface area contributed by atoms with Gasteiger partial charge in [-0.1, -0.05) is 30.4 Å². The number of ether oxygens (including phenoxy) is 1. The Morgan fingerprint density at radius 2 is 1.81 bits per heavy atom. The minimum Gasteiger partial charge on any atom is -0.465 e. The highest BCUT2D eigenvalue weighted by atomic mass is 19.4. The summed E-state index contributed by atoms with van der Waals surface area (Å²) in [6, 6.07) is 17.9. The Bertz CT molecular complexity index is 1520. The monoisotopic (exact) mass is 504 g/mol. The number of esters is 1. The summed E-state index contributed by atoms with van der Waals surface area (Å²) < 4.78 is 45.6. The van der Waals surface area contributed by atoms with Gasteiger partial charge in [-0.25, -0.2) is 0 Å². The lowest BCUT2D eigenvalue weighted by molar-refractivity contribution is -0.143. The van der Waals surface area contributed by atoms with Crippen LogP contribution in [0, 0.1) is 0 Å². The first-order chi connectivity index (χ1) is 17.7. The number of carbonyl (C=O) groups excluding carboxylic acids is 2. The summed E-state index contributed by atoms with van der Waals surface area (Å²) in [5, 5.41) is 0.980. The first-order valence-corrected chi connectivity index (χ1v) is 11.8. The highest BCUT2D eigenvalue weighted by molar-refractivity contribution is 6.10. The van der Waals surface area contributed by atoms with E-state index in [1.807, 2.05) is 53.2 Å². The maximum absolute atomic E-state index is 13.0. The van der Waals surface area contributed by atoms with Crippen LogP contribution >= 0.6 is 0 Å². The predicted molar refractivity (Wildman–Crippen MR) is 136 cm³/mol. The van der Waals surface area contributed by atoms with Crippen LogP contribution in [0.3, 0.4) is 0 Å². The van der Waals surface area contributed by atoms with Gasteiger partial charge in [0.1, 0.15) is 6.54 Å². The summed E-state index contributed by atoms with van der Waals surface area (Å²) in [5.41, 5.74) is 3.75. The second-order valence-corrected chi connectivity index (χ2v) is 8.71. The van der Waals surface area contributed by atoms with Crippen LogP contribution in [-0.2, 0) is 28.8 Å². The van der Waals surface area contributed by atoms with E-state index in [4.69, 9.17) is 4.74 Å². The number of benzene rings is 3. The van der Waals surface area contributed by atoms with E-state index in [1.165, 1.54) is 17.0 Å². The molecule has 0 saturated carbocycles. The van der Waals surface area contributed by atoms with E-state index in [1.54, 1.807) is 19.1 Å². The summed E-state index contributed by atoms with van der Waals surface area (Å²) in [4.78, 5) is 26.3. The largest absolute Gasteiger partial charge is 0.465 e. The second kappa shape index (κ2) is 9.61. The average molecular weight is 505 g/mol. The van der Waals surface area contributed by atoms with Gasteiger partial charge in [-0.05, 0) is 72.1 Å². The molecule has 5 rings (SSSR count). The molecule has 1 aliphatic rings. The zero-order valence-corrected chi connectivity index (χ0v) is 20.0. The lowest BCUT2D eigenvalue weighted by Gasteiger charge is -2.17. The Morgan fingerprint density at radius 3 is 2.54 bits per heavy atom. The number of fused-ring (bicyclic) bond motifs is 2. The molecule has 0 aliphatic carbocycles. The molecular formula is C29H23F3N2O3. The molecule has 0 radical (unpaired) electrons. The molecule has 4 aromatic rings. The number of amides is 1. The number of alkyl halides is 3. The van der Waals surface area contributed by atoms with Gasteiger partial charge in [-0.2, -0.15) is 13.2 Å². The molecule has 0 spiro atoms. The third-order valence-corrected chi connectivity index (χ3v) is 6.37. The Labute approximate surface area is 211 Å². The van der Waals surface area contributed by atoms with Crippen LogP contribution in [0.4, 0.5) is 18.9 Å². The summed E-state index contributed by atoms with van der Waals surface area (Å²) in [5.74, 6) is -0.531. The van der Waals surface area contributed by atoms with Crippen LogP contribution in [0.15, 0.2) is 72.9 Å². The molecule has 2 heterocycles. The van der Waals surface area contributed by atoms with Gasteiger partial charge in [-0.3, -0.25) is 9.59 Å². The summed E-state index contributed by atoms with van der Waals surface area (Å²) in [7, 11) is 0. The number of anilines is 1. The predicted octanol–water partition coefficient (Wildman–Crippen LogP) is 6.55. The first-order valence-electron chi connectivity index (χ1n) is 11.8. The number of carbonyl (C=O) groups is 2. The Balaban J connectivity index is 1.36. The van der Waals surface area contributed by atoms with Crippen LogP contribution < -0.4 is 4.90 Å². The molecule has 0 unspecified atom stereocenters. The van der Waals surface area contributed by atoms with Crippen molar-refractivity contribution in [2.75, 3.05) is 11.5 Å². The molecule has 1 aliphatic heterocycles. The average Bonchev–Trinajstić information content (AvgIpc) is 3.43. The van der Waals surface area contributed by atoms with Crippen LogP contribution in [-0.4, -0.2) is 23.1 Å². The van der Waals surface area contributed by atoms with Gasteiger partial charge >= 0.3 is 12.1 Å². The minimum absolute atomic E-state index is 0.145. The van der Waals surface area contributed by atoms with Crippen LogP contribution in [0.5, 0.6) is 0 Å². The van der Waals surface area contributed by atoms with E-state index in [9.17, 15) is 22.8 Å². The lowest BCUT2D eigenvalue weighted by atomic mass is 10.0. The fourth-order valence-corrected chi connectivity index (χ4v) is 4.54. The fourth-order valence-electron chi connectivity index (χ4n) is 4.54. The van der Waals surface area contributed by atoms with Crippen LogP contribution in [0.2, 0.25) is 0 Å². The van der Waals surface area contributed by atoms with Gasteiger partial charge in [0.25, 0.3) is 5.91 Å². The molecule has 0 N–H and O–H groups in total. The molecule has 0 atom stereocenters. The van der Waals surface area contributed by atoms with E-state index in [2.05, 4.69) is 0 Å². The van der Waals surface area contributed by atoms with E-state index in [-0.39, 0.29) is 25.0 Å². The molecule has 188 valence electrons. The minimum atomic E-state index is -4.43. The molecular weight excluding hydrogens is 481 g/mol. The lowest BCUT2D eigenvalue weighted by Crippen LogP contribution is -2.23. The Hall–Kier alpha value is -4.33. The third kappa shape index (κ3) is 4.87. The number of aromatic nitrogens is 1. The van der Waals surface area contributed by atoms with Crippen molar-refractivity contribution in [3.8, 4) is 0 Å². The number of halogens is 3. The van der Waals surface area contributed by atoms with Crippen molar-refractivity contribution in [2.45, 2.75) is 26.2 Å². The number of rotatable bonds is 6. The van der Waals surface area contributed by atoms with Crippen molar-refractivity contribution in [3.05, 3.63) is 101 Å². The van der Waals surface area contributed by atoms with Crippen molar-refractivity contribution in [3.63, 3.8) is 0 Å². The molecule has 1 aromatic heterocycles. The summed E-state index contributed by atoms with van der Waals surface area (Å²) >= 11 is 0. The van der Waals surface area contributed by atoms with Gasteiger partial charge in [0.05, 0.1) is 18.7 Å². The Morgan fingerprint density at radius 1 is 1.03 bits per heavy atom. The topological polar surface area (TPSA) is 51.5 Å². The SMILES string of the molecule is CCOC(=O)Cn1ccc2cc(/C=C/c3cccc4c3CN(c3ccc(C(F)(F)F)cc3)C4=O)ccc21. The fraction of sp³-hybridized carbons (Fsp3) is 0.172. The smallest absolute Gasteiger partial charge is 0.416 e. The number of nitrogens with zero attached hydrogens (tertiary/aromatic N) is 2. The molecule has 5 nitrogen and oxygen atoms in total. The highest BCUT2D eigenvalue weighted by Crippen LogP contribution is 2.34. The normalized spacial score (nSPS) is 13.5. The zero-order valence-electron chi connectivity index (χ0n) is 20.0.